The summed E-state index contributed by atoms with van der Waals surface area (Å²) in [5.41, 5.74) is 0.175. The van der Waals surface area contributed by atoms with Crippen LogP contribution in [0.15, 0.2) is 77.3 Å². The molecule has 206 valence electrons. The number of nitrogens with one attached hydrogen (secondary N) is 2. The Hall–Kier alpha value is -4.30. The van der Waals surface area contributed by atoms with Gasteiger partial charge in [-0.15, -0.1) is 11.3 Å². The molecule has 0 fully saturated rings. The van der Waals surface area contributed by atoms with Crippen molar-refractivity contribution >= 4 is 43.7 Å². The van der Waals surface area contributed by atoms with Crippen molar-refractivity contribution in [1.29, 1.82) is 0 Å². The summed E-state index contributed by atoms with van der Waals surface area (Å²) >= 11 is 1.12. The Kier molecular flexibility index (Phi) is 7.06. The molecular weight excluding hydrogens is 565 g/mol. The van der Waals surface area contributed by atoms with Crippen LogP contribution < -0.4 is 10.0 Å². The first kappa shape index (κ1) is 27.3. The van der Waals surface area contributed by atoms with Crippen LogP contribution in [0.2, 0.25) is 0 Å². The largest absolute Gasteiger partial charge is 0.433 e. The highest BCUT2D eigenvalue weighted by atomic mass is 32.2. The van der Waals surface area contributed by atoms with Crippen LogP contribution in [-0.2, 0) is 16.2 Å². The number of carbonyl (C=O) groups is 1. The summed E-state index contributed by atoms with van der Waals surface area (Å²) in [4.78, 5) is 21.2. The second kappa shape index (κ2) is 10.4. The lowest BCUT2D eigenvalue weighted by Gasteiger charge is -2.12. The number of benzene rings is 2. The molecule has 0 radical (unpaired) electrons. The molecule has 0 atom stereocenters. The van der Waals surface area contributed by atoms with Crippen molar-refractivity contribution in [3.8, 4) is 11.3 Å². The fraction of sp³-hybridized carbons (Fsp3) is 0.154. The molecule has 2 N–H and O–H groups in total. The summed E-state index contributed by atoms with van der Waals surface area (Å²) in [7, 11) is -3.90. The number of thiazole rings is 1. The number of carbonyl (C=O) groups excluding carboxylic acids is 1. The second-order valence-electron chi connectivity index (χ2n) is 9.02. The number of alkyl halides is 3. The highest BCUT2D eigenvalue weighted by molar-refractivity contribution is 7.93. The number of hydrogen-bond donors (Lipinski definition) is 2. The average molecular weight is 587 g/mol. The van der Waals surface area contributed by atoms with Gasteiger partial charge < -0.3 is 5.32 Å². The molecule has 1 amide bonds. The van der Waals surface area contributed by atoms with Gasteiger partial charge in [0.05, 0.1) is 16.8 Å². The van der Waals surface area contributed by atoms with Gasteiger partial charge in [0.15, 0.2) is 16.5 Å². The van der Waals surface area contributed by atoms with Crippen LogP contribution in [0.3, 0.4) is 0 Å². The number of amides is 1. The maximum atomic E-state index is 13.9. The van der Waals surface area contributed by atoms with Crippen molar-refractivity contribution in [1.82, 2.24) is 19.6 Å². The van der Waals surface area contributed by atoms with Crippen LogP contribution in [0.4, 0.5) is 24.0 Å². The van der Waals surface area contributed by atoms with Gasteiger partial charge in [-0.05, 0) is 41.8 Å². The first-order valence-corrected chi connectivity index (χ1v) is 14.2. The summed E-state index contributed by atoms with van der Waals surface area (Å²) in [5, 5.41) is 8.16. The molecular formula is C26H21F3N6O3S2. The lowest BCUT2D eigenvalue weighted by molar-refractivity contribution is -0.142. The number of anilines is 2. The summed E-state index contributed by atoms with van der Waals surface area (Å²) < 4.78 is 69.8. The minimum absolute atomic E-state index is 0.0342. The Balaban J connectivity index is 1.45. The van der Waals surface area contributed by atoms with Gasteiger partial charge in [-0.3, -0.25) is 9.52 Å². The zero-order chi connectivity index (χ0) is 28.7. The third-order valence-electron chi connectivity index (χ3n) is 5.96. The highest BCUT2D eigenvalue weighted by Gasteiger charge is 2.36. The van der Waals surface area contributed by atoms with Gasteiger partial charge in [-0.25, -0.2) is 22.9 Å². The van der Waals surface area contributed by atoms with Crippen molar-refractivity contribution in [2.24, 2.45) is 0 Å². The Morgan fingerprint density at radius 1 is 1.05 bits per heavy atom. The van der Waals surface area contributed by atoms with Crippen molar-refractivity contribution in [2.45, 2.75) is 30.8 Å². The predicted octanol–water partition coefficient (Wildman–Crippen LogP) is 6.05. The maximum Gasteiger partial charge on any atom is 0.433 e. The minimum Gasteiger partial charge on any atom is -0.322 e. The molecule has 9 nitrogen and oxygen atoms in total. The molecule has 0 aliphatic heterocycles. The van der Waals surface area contributed by atoms with Gasteiger partial charge in [-0.2, -0.15) is 18.3 Å². The Morgan fingerprint density at radius 2 is 1.75 bits per heavy atom. The molecule has 2 aromatic carbocycles. The minimum atomic E-state index is -4.76. The zero-order valence-corrected chi connectivity index (χ0v) is 22.6. The molecule has 0 saturated heterocycles. The predicted molar refractivity (Wildman–Crippen MR) is 145 cm³/mol. The van der Waals surface area contributed by atoms with Gasteiger partial charge in [0.25, 0.3) is 15.9 Å². The first-order valence-electron chi connectivity index (χ1n) is 11.8. The summed E-state index contributed by atoms with van der Waals surface area (Å²) in [6, 6.07) is 13.2. The molecule has 3 aromatic heterocycles. The van der Waals surface area contributed by atoms with E-state index in [1.165, 1.54) is 30.5 Å². The molecule has 0 unspecified atom stereocenters. The Bertz CT molecular complexity index is 1780. The molecule has 0 aliphatic rings. The summed E-state index contributed by atoms with van der Waals surface area (Å²) in [5.74, 6) is -0.525. The summed E-state index contributed by atoms with van der Waals surface area (Å²) in [6.45, 7) is 4.01. The van der Waals surface area contributed by atoms with E-state index in [1.54, 1.807) is 17.5 Å². The molecule has 0 bridgehead atoms. The SMILES string of the molecule is CC(C)c1ccc(-c2cc(C(F)(F)F)n3ncc(C(=O)Nc4ccc(S(=O)(=O)Nc5nccs5)cc4)c3n2)cc1. The molecule has 5 rings (SSSR count). The Labute approximate surface area is 230 Å². The van der Waals surface area contributed by atoms with E-state index in [0.717, 1.165) is 29.2 Å². The molecule has 40 heavy (non-hydrogen) atoms. The van der Waals surface area contributed by atoms with Gasteiger partial charge >= 0.3 is 6.18 Å². The maximum absolute atomic E-state index is 13.9. The van der Waals surface area contributed by atoms with Gasteiger partial charge in [0, 0.05) is 22.8 Å². The van der Waals surface area contributed by atoms with Crippen LogP contribution in [0, 0.1) is 0 Å². The average Bonchev–Trinajstić information content (AvgIpc) is 3.57. The van der Waals surface area contributed by atoms with E-state index in [0.29, 0.717) is 10.1 Å². The van der Waals surface area contributed by atoms with E-state index in [4.69, 9.17) is 0 Å². The second-order valence-corrected chi connectivity index (χ2v) is 11.6. The van der Waals surface area contributed by atoms with E-state index in [9.17, 15) is 26.4 Å². The topological polar surface area (TPSA) is 118 Å². The smallest absolute Gasteiger partial charge is 0.322 e. The number of rotatable bonds is 7. The lowest BCUT2D eigenvalue weighted by Crippen LogP contribution is -2.16. The lowest BCUT2D eigenvalue weighted by atomic mass is 10.0. The third kappa shape index (κ3) is 5.53. The fourth-order valence-corrected chi connectivity index (χ4v) is 5.66. The number of hydrogen-bond acceptors (Lipinski definition) is 7. The van der Waals surface area contributed by atoms with E-state index in [2.05, 4.69) is 25.1 Å². The van der Waals surface area contributed by atoms with Crippen molar-refractivity contribution < 1.29 is 26.4 Å². The van der Waals surface area contributed by atoms with Gasteiger partial charge in [0.2, 0.25) is 0 Å². The standard InChI is InChI=1S/C26H21F3N6O3S2/c1-15(2)16-3-5-17(6-4-16)21-13-22(26(27,28)29)35-23(33-21)20(14-31-35)24(36)32-18-7-9-19(10-8-18)40(37,38)34-25-30-11-12-39-25/h3-15H,1-2H3,(H,30,34)(H,32,36). The normalized spacial score (nSPS) is 12.2. The molecule has 0 spiro atoms. The quantitative estimate of drug-likeness (QED) is 0.240. The Morgan fingerprint density at radius 3 is 2.35 bits per heavy atom. The summed E-state index contributed by atoms with van der Waals surface area (Å²) in [6.07, 6.45) is -2.30. The van der Waals surface area contributed by atoms with E-state index in [-0.39, 0.29) is 38.5 Å². The first-order chi connectivity index (χ1) is 18.9. The van der Waals surface area contributed by atoms with Crippen LogP contribution in [0.25, 0.3) is 16.9 Å². The monoisotopic (exact) mass is 586 g/mol. The van der Waals surface area contributed by atoms with Crippen molar-refractivity contribution in [2.75, 3.05) is 10.0 Å². The molecule has 5 aromatic rings. The number of halogens is 3. The third-order valence-corrected chi connectivity index (χ3v) is 8.13. The van der Waals surface area contributed by atoms with Crippen LogP contribution in [0.5, 0.6) is 0 Å². The van der Waals surface area contributed by atoms with Crippen LogP contribution >= 0.6 is 11.3 Å². The van der Waals surface area contributed by atoms with Gasteiger partial charge in [0.1, 0.15) is 5.56 Å². The van der Waals surface area contributed by atoms with E-state index < -0.39 is 27.8 Å². The number of aromatic nitrogens is 4. The van der Waals surface area contributed by atoms with Crippen LogP contribution in [0.1, 0.15) is 41.4 Å². The molecule has 3 heterocycles. The van der Waals surface area contributed by atoms with Crippen molar-refractivity contribution in [3.05, 3.63) is 89.2 Å². The van der Waals surface area contributed by atoms with Crippen molar-refractivity contribution in [3.63, 3.8) is 0 Å². The molecule has 0 saturated carbocycles. The van der Waals surface area contributed by atoms with E-state index >= 15 is 0 Å². The molecule has 14 heteroatoms. The van der Waals surface area contributed by atoms with Crippen LogP contribution in [-0.4, -0.2) is 33.9 Å². The fourth-order valence-electron chi connectivity index (χ4n) is 3.88. The number of fused-ring (bicyclic) bond motifs is 1. The molecule has 0 aliphatic carbocycles. The zero-order valence-electron chi connectivity index (χ0n) is 21.0. The number of sulfonamides is 1. The highest BCUT2D eigenvalue weighted by Crippen LogP contribution is 2.33. The van der Waals surface area contributed by atoms with Gasteiger partial charge in [-0.1, -0.05) is 38.1 Å². The number of nitrogens with zero attached hydrogens (tertiary/aromatic N) is 4. The van der Waals surface area contributed by atoms with E-state index in [1.807, 2.05) is 26.0 Å².